The van der Waals surface area contributed by atoms with Gasteiger partial charge in [0, 0.05) is 36.3 Å². The van der Waals surface area contributed by atoms with E-state index in [-0.39, 0.29) is 52.7 Å². The Balaban J connectivity index is 1.92. The minimum Gasteiger partial charge on any atom is -0.493 e. The molecule has 2 N–H and O–H groups in total. The molecule has 1 aliphatic heterocycles. The third kappa shape index (κ3) is 4.47. The van der Waals surface area contributed by atoms with Gasteiger partial charge in [-0.05, 0) is 45.3 Å². The zero-order valence-corrected chi connectivity index (χ0v) is 20.4. The van der Waals surface area contributed by atoms with Crippen molar-refractivity contribution in [2.45, 2.75) is 57.4 Å². The lowest BCUT2D eigenvalue weighted by molar-refractivity contribution is 0.263. The van der Waals surface area contributed by atoms with Crippen LogP contribution in [0.5, 0.6) is 5.75 Å². The average molecular weight is 494 g/mol. The van der Waals surface area contributed by atoms with E-state index in [1.165, 1.54) is 27.2 Å². The van der Waals surface area contributed by atoms with Crippen LogP contribution in [0.15, 0.2) is 27.9 Å². The molecule has 0 radical (unpaired) electrons. The lowest BCUT2D eigenvalue weighted by Gasteiger charge is -2.35. The number of sulfonamides is 1. The number of piperazine rings is 1. The second kappa shape index (κ2) is 9.47. The van der Waals surface area contributed by atoms with Gasteiger partial charge in [-0.1, -0.05) is 13.3 Å². The standard InChI is InChI=1S/C23H32N6O4S/c1-6-8-18-20-21(28(5)27-18)23(30)26-22(25-20)17-11-16(9-10-19(17)33-7-2)34(31,32)29-12-14(3)24-15(4)13-29/h9-11,14-15,24H,6-8,12-13H2,1-5H3,(H,25,26,30)/i2D3,7D2. The third-order valence-electron chi connectivity index (χ3n) is 5.78. The van der Waals surface area contributed by atoms with Crippen molar-refractivity contribution >= 4 is 21.1 Å². The van der Waals surface area contributed by atoms with Crippen molar-refractivity contribution in [1.29, 1.82) is 0 Å². The van der Waals surface area contributed by atoms with Crippen LogP contribution in [0.3, 0.4) is 0 Å². The van der Waals surface area contributed by atoms with Gasteiger partial charge in [0.05, 0.1) is 25.5 Å². The lowest BCUT2D eigenvalue weighted by Crippen LogP contribution is -2.55. The van der Waals surface area contributed by atoms with Crippen LogP contribution in [0, 0.1) is 0 Å². The number of aromatic amines is 1. The van der Waals surface area contributed by atoms with E-state index in [9.17, 15) is 13.2 Å². The Labute approximate surface area is 206 Å². The topological polar surface area (TPSA) is 122 Å². The Hall–Kier alpha value is -2.76. The van der Waals surface area contributed by atoms with Gasteiger partial charge in [0.25, 0.3) is 5.56 Å². The Bertz CT molecular complexity index is 1540. The molecular formula is C23H32N6O4S. The quantitative estimate of drug-likeness (QED) is 0.516. The summed E-state index contributed by atoms with van der Waals surface area (Å²) < 4.78 is 73.8. The highest BCUT2D eigenvalue weighted by atomic mass is 32.2. The molecule has 3 heterocycles. The van der Waals surface area contributed by atoms with E-state index in [1.54, 1.807) is 7.05 Å². The zero-order valence-electron chi connectivity index (χ0n) is 24.5. The van der Waals surface area contributed by atoms with Gasteiger partial charge in [-0.25, -0.2) is 13.4 Å². The van der Waals surface area contributed by atoms with E-state index in [1.807, 2.05) is 20.8 Å². The molecule has 0 spiro atoms. The summed E-state index contributed by atoms with van der Waals surface area (Å²) in [5, 5.41) is 7.66. The van der Waals surface area contributed by atoms with E-state index in [0.717, 1.165) is 6.42 Å². The first-order valence-electron chi connectivity index (χ1n) is 13.6. The minimum absolute atomic E-state index is 0.0780. The molecular weight excluding hydrogens is 456 g/mol. The molecule has 34 heavy (non-hydrogen) atoms. The van der Waals surface area contributed by atoms with E-state index in [4.69, 9.17) is 11.6 Å². The molecule has 0 amide bonds. The summed E-state index contributed by atoms with van der Waals surface area (Å²) in [7, 11) is -2.40. The minimum atomic E-state index is -4.02. The normalized spacial score (nSPS) is 22.5. The van der Waals surface area contributed by atoms with E-state index in [0.29, 0.717) is 17.6 Å². The third-order valence-corrected chi connectivity index (χ3v) is 7.61. The second-order valence-electron chi connectivity index (χ2n) is 8.58. The molecule has 2 aromatic heterocycles. The highest BCUT2D eigenvalue weighted by Crippen LogP contribution is 2.32. The van der Waals surface area contributed by atoms with Gasteiger partial charge < -0.3 is 15.0 Å². The summed E-state index contributed by atoms with van der Waals surface area (Å²) in [4.78, 5) is 20.1. The SMILES string of the molecule is [2H]C([2H])([2H])C([2H])([2H])Oc1ccc(S(=O)(=O)N2CC(C)NC(C)C2)cc1-c1nc2c(CCC)nn(C)c2c(=O)[nH]1. The summed E-state index contributed by atoms with van der Waals surface area (Å²) in [6.07, 6.45) is 1.27. The molecule has 2 unspecified atom stereocenters. The number of ether oxygens (including phenoxy) is 1. The van der Waals surface area contributed by atoms with Crippen molar-refractivity contribution in [3.63, 3.8) is 0 Å². The predicted molar refractivity (Wildman–Crippen MR) is 131 cm³/mol. The number of hydrogen-bond acceptors (Lipinski definition) is 7. The van der Waals surface area contributed by atoms with Crippen molar-refractivity contribution in [1.82, 2.24) is 29.4 Å². The number of benzene rings is 1. The molecule has 0 bridgehead atoms. The van der Waals surface area contributed by atoms with Gasteiger partial charge in [0.15, 0.2) is 5.52 Å². The second-order valence-corrected chi connectivity index (χ2v) is 10.5. The van der Waals surface area contributed by atoms with Gasteiger partial charge in [-0.3, -0.25) is 9.48 Å². The fraction of sp³-hybridized carbons (Fsp3) is 0.522. The van der Waals surface area contributed by atoms with Crippen LogP contribution in [0.4, 0.5) is 0 Å². The van der Waals surface area contributed by atoms with Crippen molar-refractivity contribution in [2.75, 3.05) is 19.6 Å². The maximum absolute atomic E-state index is 13.6. The largest absolute Gasteiger partial charge is 0.493 e. The van der Waals surface area contributed by atoms with Crippen molar-refractivity contribution < 1.29 is 20.0 Å². The van der Waals surface area contributed by atoms with E-state index >= 15 is 0 Å². The van der Waals surface area contributed by atoms with Crippen LogP contribution < -0.4 is 15.6 Å². The molecule has 184 valence electrons. The number of aryl methyl sites for hydroxylation is 2. The maximum Gasteiger partial charge on any atom is 0.277 e. The number of rotatable bonds is 7. The van der Waals surface area contributed by atoms with Crippen molar-refractivity contribution in [3.8, 4) is 17.1 Å². The Kier molecular flexibility index (Phi) is 5.17. The molecule has 1 aliphatic rings. The Morgan fingerprint density at radius 2 is 2.03 bits per heavy atom. The first kappa shape index (κ1) is 18.6. The first-order chi connectivity index (χ1) is 18.0. The van der Waals surface area contributed by atoms with Gasteiger partial charge in [0.2, 0.25) is 10.0 Å². The lowest BCUT2D eigenvalue weighted by atomic mass is 10.1. The smallest absolute Gasteiger partial charge is 0.277 e. The van der Waals surface area contributed by atoms with Crippen LogP contribution in [-0.4, -0.2) is 64.2 Å². The van der Waals surface area contributed by atoms with Gasteiger partial charge >= 0.3 is 0 Å². The summed E-state index contributed by atoms with van der Waals surface area (Å²) in [6.45, 7) is -0.0874. The number of hydrogen-bond donors (Lipinski definition) is 2. The van der Waals surface area contributed by atoms with Crippen LogP contribution in [0.2, 0.25) is 0 Å². The first-order valence-corrected chi connectivity index (χ1v) is 12.5. The molecule has 1 fully saturated rings. The summed E-state index contributed by atoms with van der Waals surface area (Å²) in [6, 6.07) is 3.46. The van der Waals surface area contributed by atoms with Crippen LogP contribution in [0.25, 0.3) is 22.4 Å². The average Bonchev–Trinajstić information content (AvgIpc) is 3.13. The summed E-state index contributed by atoms with van der Waals surface area (Å²) in [5.74, 6) is -0.395. The molecule has 1 aromatic carbocycles. The Morgan fingerprint density at radius 1 is 1.29 bits per heavy atom. The number of H-pyrrole nitrogens is 1. The monoisotopic (exact) mass is 493 g/mol. The number of aromatic nitrogens is 4. The molecule has 11 heteroatoms. The predicted octanol–water partition coefficient (Wildman–Crippen LogP) is 2.05. The number of nitrogens with zero attached hydrogens (tertiary/aromatic N) is 4. The van der Waals surface area contributed by atoms with Crippen molar-refractivity contribution in [3.05, 3.63) is 34.2 Å². The Morgan fingerprint density at radius 3 is 2.71 bits per heavy atom. The molecule has 1 saturated heterocycles. The van der Waals surface area contributed by atoms with E-state index < -0.39 is 29.0 Å². The van der Waals surface area contributed by atoms with Gasteiger partial charge in [-0.2, -0.15) is 9.40 Å². The van der Waals surface area contributed by atoms with Crippen LogP contribution in [0.1, 0.15) is 46.6 Å². The van der Waals surface area contributed by atoms with Gasteiger partial charge in [0.1, 0.15) is 17.1 Å². The highest BCUT2D eigenvalue weighted by molar-refractivity contribution is 7.89. The fourth-order valence-corrected chi connectivity index (χ4v) is 6.04. The van der Waals surface area contributed by atoms with Crippen LogP contribution >= 0.6 is 0 Å². The maximum atomic E-state index is 13.6. The summed E-state index contributed by atoms with van der Waals surface area (Å²) in [5.41, 5.74) is 0.465. The molecule has 2 atom stereocenters. The van der Waals surface area contributed by atoms with Crippen LogP contribution in [-0.2, 0) is 23.5 Å². The van der Waals surface area contributed by atoms with Gasteiger partial charge in [-0.15, -0.1) is 0 Å². The molecule has 3 aromatic rings. The number of nitrogens with one attached hydrogen (secondary N) is 2. The zero-order chi connectivity index (χ0) is 28.9. The number of fused-ring (bicyclic) bond motifs is 1. The molecule has 0 aliphatic carbocycles. The fourth-order valence-electron chi connectivity index (χ4n) is 4.40. The molecule has 0 saturated carbocycles. The van der Waals surface area contributed by atoms with E-state index in [2.05, 4.69) is 20.4 Å². The molecule has 4 rings (SSSR count). The van der Waals surface area contributed by atoms with Crippen molar-refractivity contribution in [2.24, 2.45) is 7.05 Å². The summed E-state index contributed by atoms with van der Waals surface area (Å²) >= 11 is 0. The molecule has 10 nitrogen and oxygen atoms in total. The highest BCUT2D eigenvalue weighted by Gasteiger charge is 2.32.